The molecule has 0 aliphatic rings. The van der Waals surface area contributed by atoms with E-state index in [1.54, 1.807) is 11.0 Å². The average Bonchev–Trinajstić information content (AvgIpc) is 2.80. The van der Waals surface area contributed by atoms with Crippen molar-refractivity contribution in [3.63, 3.8) is 0 Å². The van der Waals surface area contributed by atoms with E-state index in [1.807, 2.05) is 18.2 Å². The van der Waals surface area contributed by atoms with Gasteiger partial charge in [0.05, 0.1) is 5.69 Å². The quantitative estimate of drug-likeness (QED) is 0.884. The second kappa shape index (κ2) is 5.09. The third-order valence-corrected chi connectivity index (χ3v) is 2.51. The van der Waals surface area contributed by atoms with E-state index in [0.717, 1.165) is 24.3 Å². The van der Waals surface area contributed by atoms with Gasteiger partial charge in [0, 0.05) is 11.6 Å². The van der Waals surface area contributed by atoms with Crippen LogP contribution in [0.25, 0.3) is 5.69 Å². The van der Waals surface area contributed by atoms with Gasteiger partial charge in [-0.3, -0.25) is 0 Å². The van der Waals surface area contributed by atoms with Crippen LogP contribution in [-0.2, 0) is 6.54 Å². The molecule has 1 aromatic carbocycles. The summed E-state index contributed by atoms with van der Waals surface area (Å²) in [7, 11) is 0. The molecular weight excluding hydrogens is 224 g/mol. The SMILES string of the molecule is CCNCc1ccc(Cl)cc1-n1cncn1. The Kier molecular flexibility index (Phi) is 3.54. The molecule has 0 radical (unpaired) electrons. The van der Waals surface area contributed by atoms with Crippen LogP contribution in [-0.4, -0.2) is 21.3 Å². The Morgan fingerprint density at radius 1 is 1.44 bits per heavy atom. The molecule has 2 rings (SSSR count). The first kappa shape index (κ1) is 11.1. The van der Waals surface area contributed by atoms with E-state index in [0.29, 0.717) is 5.02 Å². The summed E-state index contributed by atoms with van der Waals surface area (Å²) in [5, 5.41) is 8.10. The minimum Gasteiger partial charge on any atom is -0.313 e. The largest absolute Gasteiger partial charge is 0.313 e. The first-order valence-corrected chi connectivity index (χ1v) is 5.53. The second-order valence-corrected chi connectivity index (χ2v) is 3.83. The van der Waals surface area contributed by atoms with Crippen molar-refractivity contribution in [1.82, 2.24) is 20.1 Å². The highest BCUT2D eigenvalue weighted by Gasteiger charge is 2.05. The maximum atomic E-state index is 5.99. The van der Waals surface area contributed by atoms with E-state index in [9.17, 15) is 0 Å². The van der Waals surface area contributed by atoms with Crippen molar-refractivity contribution in [1.29, 1.82) is 0 Å². The van der Waals surface area contributed by atoms with Gasteiger partial charge in [0.1, 0.15) is 12.7 Å². The Morgan fingerprint density at radius 3 is 3.00 bits per heavy atom. The lowest BCUT2D eigenvalue weighted by molar-refractivity contribution is 0.717. The van der Waals surface area contributed by atoms with E-state index in [2.05, 4.69) is 22.3 Å². The maximum Gasteiger partial charge on any atom is 0.138 e. The van der Waals surface area contributed by atoms with E-state index in [-0.39, 0.29) is 0 Å². The number of halogens is 1. The molecule has 0 atom stereocenters. The van der Waals surface area contributed by atoms with Crippen LogP contribution in [0, 0.1) is 0 Å². The fourth-order valence-electron chi connectivity index (χ4n) is 1.49. The summed E-state index contributed by atoms with van der Waals surface area (Å²) in [4.78, 5) is 3.94. The molecule has 0 aliphatic heterocycles. The van der Waals surface area contributed by atoms with E-state index in [4.69, 9.17) is 11.6 Å². The third kappa shape index (κ3) is 2.40. The Labute approximate surface area is 99.3 Å². The molecule has 4 nitrogen and oxygen atoms in total. The highest BCUT2D eigenvalue weighted by atomic mass is 35.5. The molecule has 1 aromatic heterocycles. The molecule has 16 heavy (non-hydrogen) atoms. The van der Waals surface area contributed by atoms with Crippen LogP contribution in [0.2, 0.25) is 5.02 Å². The Balaban J connectivity index is 2.37. The molecule has 84 valence electrons. The minimum absolute atomic E-state index is 0.700. The normalized spacial score (nSPS) is 10.6. The zero-order valence-electron chi connectivity index (χ0n) is 9.02. The highest BCUT2D eigenvalue weighted by Crippen LogP contribution is 2.19. The van der Waals surface area contributed by atoms with Crippen LogP contribution in [0.15, 0.2) is 30.9 Å². The van der Waals surface area contributed by atoms with Gasteiger partial charge < -0.3 is 5.32 Å². The number of nitrogens with one attached hydrogen (secondary N) is 1. The van der Waals surface area contributed by atoms with Crippen molar-refractivity contribution < 1.29 is 0 Å². The lowest BCUT2D eigenvalue weighted by atomic mass is 10.2. The van der Waals surface area contributed by atoms with Crippen LogP contribution in [0.3, 0.4) is 0 Å². The number of nitrogens with zero attached hydrogens (tertiary/aromatic N) is 3. The van der Waals surface area contributed by atoms with Crippen molar-refractivity contribution in [3.8, 4) is 5.69 Å². The first-order valence-electron chi connectivity index (χ1n) is 5.15. The predicted molar refractivity (Wildman–Crippen MR) is 63.7 cm³/mol. The van der Waals surface area contributed by atoms with Crippen LogP contribution < -0.4 is 5.32 Å². The monoisotopic (exact) mass is 236 g/mol. The molecular formula is C11H13ClN4. The van der Waals surface area contributed by atoms with Gasteiger partial charge in [-0.1, -0.05) is 24.6 Å². The summed E-state index contributed by atoms with van der Waals surface area (Å²) >= 11 is 5.99. The van der Waals surface area contributed by atoms with Crippen molar-refractivity contribution in [3.05, 3.63) is 41.4 Å². The average molecular weight is 237 g/mol. The molecule has 1 heterocycles. The Bertz CT molecular complexity index is 453. The summed E-state index contributed by atoms with van der Waals surface area (Å²) in [5.74, 6) is 0. The fourth-order valence-corrected chi connectivity index (χ4v) is 1.66. The number of benzene rings is 1. The lowest BCUT2D eigenvalue weighted by Gasteiger charge is -2.09. The summed E-state index contributed by atoms with van der Waals surface area (Å²) in [6.45, 7) is 3.80. The van der Waals surface area contributed by atoms with Gasteiger partial charge >= 0.3 is 0 Å². The zero-order valence-corrected chi connectivity index (χ0v) is 9.78. The predicted octanol–water partition coefficient (Wildman–Crippen LogP) is 2.03. The van der Waals surface area contributed by atoms with Crippen molar-refractivity contribution >= 4 is 11.6 Å². The van der Waals surface area contributed by atoms with E-state index in [1.165, 1.54) is 6.33 Å². The standard InChI is InChI=1S/C11H13ClN4/c1-2-13-6-9-3-4-10(12)5-11(9)16-8-14-7-15-16/h3-5,7-8,13H,2,6H2,1H3. The zero-order chi connectivity index (χ0) is 11.4. The fraction of sp³-hybridized carbons (Fsp3) is 0.273. The summed E-state index contributed by atoms with van der Waals surface area (Å²) in [5.41, 5.74) is 2.11. The Morgan fingerprint density at radius 2 is 2.31 bits per heavy atom. The number of hydrogen-bond donors (Lipinski definition) is 1. The summed E-state index contributed by atoms with van der Waals surface area (Å²) in [6.07, 6.45) is 3.18. The lowest BCUT2D eigenvalue weighted by Crippen LogP contribution is -2.14. The number of rotatable bonds is 4. The smallest absolute Gasteiger partial charge is 0.138 e. The van der Waals surface area contributed by atoms with Crippen molar-refractivity contribution in [2.75, 3.05) is 6.54 Å². The molecule has 0 bridgehead atoms. The molecule has 5 heteroatoms. The van der Waals surface area contributed by atoms with Gasteiger partial charge in [-0.2, -0.15) is 5.10 Å². The minimum atomic E-state index is 0.700. The number of aromatic nitrogens is 3. The molecule has 0 unspecified atom stereocenters. The summed E-state index contributed by atoms with van der Waals surface area (Å²) < 4.78 is 1.72. The van der Waals surface area contributed by atoms with Gasteiger partial charge in [-0.25, -0.2) is 9.67 Å². The van der Waals surface area contributed by atoms with Crippen LogP contribution in [0.4, 0.5) is 0 Å². The van der Waals surface area contributed by atoms with E-state index >= 15 is 0 Å². The van der Waals surface area contributed by atoms with Gasteiger partial charge in [0.2, 0.25) is 0 Å². The second-order valence-electron chi connectivity index (χ2n) is 3.39. The van der Waals surface area contributed by atoms with Gasteiger partial charge in [-0.15, -0.1) is 0 Å². The molecule has 0 saturated heterocycles. The summed E-state index contributed by atoms with van der Waals surface area (Å²) in [6, 6.07) is 5.78. The van der Waals surface area contributed by atoms with Crippen LogP contribution in [0.1, 0.15) is 12.5 Å². The molecule has 0 saturated carbocycles. The van der Waals surface area contributed by atoms with Gasteiger partial charge in [-0.05, 0) is 24.2 Å². The van der Waals surface area contributed by atoms with Crippen LogP contribution >= 0.6 is 11.6 Å². The Hall–Kier alpha value is -1.39. The third-order valence-electron chi connectivity index (χ3n) is 2.28. The van der Waals surface area contributed by atoms with Crippen molar-refractivity contribution in [2.45, 2.75) is 13.5 Å². The molecule has 2 aromatic rings. The van der Waals surface area contributed by atoms with Gasteiger partial charge in [0.25, 0.3) is 0 Å². The molecule has 0 spiro atoms. The molecule has 1 N–H and O–H groups in total. The van der Waals surface area contributed by atoms with Crippen molar-refractivity contribution in [2.24, 2.45) is 0 Å². The molecule has 0 amide bonds. The van der Waals surface area contributed by atoms with Gasteiger partial charge in [0.15, 0.2) is 0 Å². The first-order chi connectivity index (χ1) is 7.81. The molecule has 0 fully saturated rings. The van der Waals surface area contributed by atoms with E-state index < -0.39 is 0 Å². The highest BCUT2D eigenvalue weighted by molar-refractivity contribution is 6.30. The number of hydrogen-bond acceptors (Lipinski definition) is 3. The molecule has 0 aliphatic carbocycles. The topological polar surface area (TPSA) is 42.7 Å². The maximum absolute atomic E-state index is 5.99. The van der Waals surface area contributed by atoms with Crippen LogP contribution in [0.5, 0.6) is 0 Å².